The van der Waals surface area contributed by atoms with Crippen molar-refractivity contribution in [2.45, 2.75) is 44.3 Å². The number of hydrogen-bond donors (Lipinski definition) is 2. The van der Waals surface area contributed by atoms with Crippen LogP contribution in [0.4, 0.5) is 0 Å². The van der Waals surface area contributed by atoms with E-state index in [4.69, 9.17) is 5.11 Å². The zero-order valence-corrected chi connectivity index (χ0v) is 11.5. The first-order valence-electron chi connectivity index (χ1n) is 5.91. The van der Waals surface area contributed by atoms with Crippen molar-refractivity contribution in [2.24, 2.45) is 5.41 Å². The summed E-state index contributed by atoms with van der Waals surface area (Å²) in [6.45, 7) is 3.44. The summed E-state index contributed by atoms with van der Waals surface area (Å²) in [5.41, 5.74) is -1.35. The number of carbonyl (C=O) groups is 2. The third-order valence-corrected chi connectivity index (χ3v) is 5.04. The highest BCUT2D eigenvalue weighted by molar-refractivity contribution is 8.00. The number of carboxylic acids is 1. The molecule has 0 spiro atoms. The maximum atomic E-state index is 11.8. The summed E-state index contributed by atoms with van der Waals surface area (Å²) >= 11 is 1.78. The number of thioether (sulfide) groups is 1. The molecule has 1 amide bonds. The molecule has 0 radical (unpaired) electrons. The van der Waals surface area contributed by atoms with Crippen molar-refractivity contribution in [1.82, 2.24) is 5.32 Å². The minimum atomic E-state index is -1.35. The Balaban J connectivity index is 2.56. The van der Waals surface area contributed by atoms with Gasteiger partial charge in [0.05, 0.1) is 0 Å². The van der Waals surface area contributed by atoms with Gasteiger partial charge in [-0.2, -0.15) is 11.8 Å². The number of nitrogens with one attached hydrogen (secondary N) is 1. The molecule has 0 saturated heterocycles. The van der Waals surface area contributed by atoms with E-state index in [0.29, 0.717) is 6.54 Å². The molecule has 17 heavy (non-hydrogen) atoms. The topological polar surface area (TPSA) is 66.4 Å². The third-order valence-electron chi connectivity index (χ3n) is 3.62. The van der Waals surface area contributed by atoms with Gasteiger partial charge in [-0.3, -0.25) is 9.59 Å². The summed E-state index contributed by atoms with van der Waals surface area (Å²) in [6, 6.07) is 0. The number of carbonyl (C=O) groups excluding carboxylic acids is 1. The van der Waals surface area contributed by atoms with Crippen LogP contribution in [-0.2, 0) is 9.59 Å². The van der Waals surface area contributed by atoms with Crippen LogP contribution in [-0.4, -0.2) is 34.5 Å². The Bertz CT molecular complexity index is 309. The van der Waals surface area contributed by atoms with Crippen LogP contribution in [0.1, 0.15) is 39.5 Å². The minimum absolute atomic E-state index is 0.115. The predicted molar refractivity (Wildman–Crippen MR) is 69.1 cm³/mol. The van der Waals surface area contributed by atoms with Crippen LogP contribution < -0.4 is 5.32 Å². The Labute approximate surface area is 107 Å². The van der Waals surface area contributed by atoms with E-state index in [-0.39, 0.29) is 4.75 Å². The molecule has 1 fully saturated rings. The highest BCUT2D eigenvalue weighted by atomic mass is 32.2. The molecule has 0 aromatic rings. The molecule has 1 saturated carbocycles. The van der Waals surface area contributed by atoms with Crippen LogP contribution in [0, 0.1) is 5.41 Å². The van der Waals surface area contributed by atoms with Crippen molar-refractivity contribution in [2.75, 3.05) is 12.8 Å². The first-order chi connectivity index (χ1) is 7.84. The van der Waals surface area contributed by atoms with E-state index in [2.05, 4.69) is 11.6 Å². The van der Waals surface area contributed by atoms with E-state index >= 15 is 0 Å². The zero-order valence-electron chi connectivity index (χ0n) is 10.7. The summed E-state index contributed by atoms with van der Waals surface area (Å²) in [7, 11) is 0. The number of carboxylic acid groups (broad SMARTS) is 1. The molecular formula is C12H21NO3S. The maximum Gasteiger partial charge on any atom is 0.318 e. The lowest BCUT2D eigenvalue weighted by atomic mass is 9.92. The first-order valence-corrected chi connectivity index (χ1v) is 7.13. The maximum absolute atomic E-state index is 11.8. The van der Waals surface area contributed by atoms with Crippen molar-refractivity contribution in [3.63, 3.8) is 0 Å². The van der Waals surface area contributed by atoms with Crippen molar-refractivity contribution in [1.29, 1.82) is 0 Å². The number of amides is 1. The van der Waals surface area contributed by atoms with E-state index < -0.39 is 17.3 Å². The van der Waals surface area contributed by atoms with Gasteiger partial charge in [0.25, 0.3) is 0 Å². The molecule has 1 aliphatic rings. The second-order valence-corrected chi connectivity index (χ2v) is 6.48. The van der Waals surface area contributed by atoms with Gasteiger partial charge in [0.15, 0.2) is 0 Å². The molecule has 1 aliphatic carbocycles. The quantitative estimate of drug-likeness (QED) is 0.740. The van der Waals surface area contributed by atoms with Crippen molar-refractivity contribution >= 4 is 23.6 Å². The largest absolute Gasteiger partial charge is 0.480 e. The molecule has 0 aromatic heterocycles. The minimum Gasteiger partial charge on any atom is -0.480 e. The van der Waals surface area contributed by atoms with Crippen LogP contribution in [0.3, 0.4) is 0 Å². The Morgan fingerprint density at radius 3 is 2.29 bits per heavy atom. The Hall–Kier alpha value is -0.710. The molecule has 0 aliphatic heterocycles. The fourth-order valence-corrected chi connectivity index (χ4v) is 2.95. The van der Waals surface area contributed by atoms with Gasteiger partial charge in [0, 0.05) is 11.3 Å². The molecule has 1 rings (SSSR count). The summed E-state index contributed by atoms with van der Waals surface area (Å²) in [5.74, 6) is -1.48. The van der Waals surface area contributed by atoms with Crippen molar-refractivity contribution < 1.29 is 14.7 Å². The molecule has 0 bridgehead atoms. The molecule has 0 aromatic carbocycles. The van der Waals surface area contributed by atoms with E-state index in [1.165, 1.54) is 26.7 Å². The lowest BCUT2D eigenvalue weighted by molar-refractivity contribution is -0.153. The monoisotopic (exact) mass is 259 g/mol. The van der Waals surface area contributed by atoms with Crippen molar-refractivity contribution in [3.8, 4) is 0 Å². The second-order valence-electron chi connectivity index (χ2n) is 5.21. The van der Waals surface area contributed by atoms with Crippen LogP contribution in [0.5, 0.6) is 0 Å². The molecular weight excluding hydrogens is 238 g/mol. The average molecular weight is 259 g/mol. The highest BCUT2D eigenvalue weighted by Crippen LogP contribution is 2.39. The van der Waals surface area contributed by atoms with Gasteiger partial charge in [0.2, 0.25) is 5.91 Å². The third kappa shape index (κ3) is 3.15. The van der Waals surface area contributed by atoms with Gasteiger partial charge >= 0.3 is 5.97 Å². The SMILES string of the molecule is CSC1(CNC(=O)C(C)(C)C(=O)O)CCCC1. The van der Waals surface area contributed by atoms with E-state index in [9.17, 15) is 9.59 Å². The van der Waals surface area contributed by atoms with E-state index in [0.717, 1.165) is 12.8 Å². The fraction of sp³-hybridized carbons (Fsp3) is 0.833. The van der Waals surface area contributed by atoms with Gasteiger partial charge in [-0.1, -0.05) is 12.8 Å². The Morgan fingerprint density at radius 2 is 1.88 bits per heavy atom. The fourth-order valence-electron chi connectivity index (χ4n) is 2.03. The zero-order chi connectivity index (χ0) is 13.1. The Morgan fingerprint density at radius 1 is 1.35 bits per heavy atom. The lowest BCUT2D eigenvalue weighted by Crippen LogP contribution is -2.47. The standard InChI is InChI=1S/C12H21NO3S/c1-11(2,10(15)16)9(14)13-8-12(17-3)6-4-5-7-12/h4-8H2,1-3H3,(H,13,14)(H,15,16). The van der Waals surface area contributed by atoms with Crippen LogP contribution >= 0.6 is 11.8 Å². The second kappa shape index (κ2) is 5.29. The first kappa shape index (κ1) is 14.4. The number of rotatable bonds is 5. The van der Waals surface area contributed by atoms with E-state index in [1.54, 1.807) is 11.8 Å². The summed E-state index contributed by atoms with van der Waals surface area (Å²) in [5, 5.41) is 11.8. The van der Waals surface area contributed by atoms with E-state index in [1.807, 2.05) is 0 Å². The molecule has 4 nitrogen and oxygen atoms in total. The summed E-state index contributed by atoms with van der Waals surface area (Å²) in [4.78, 5) is 22.8. The number of hydrogen-bond acceptors (Lipinski definition) is 3. The van der Waals surface area contributed by atoms with Gasteiger partial charge < -0.3 is 10.4 Å². The molecule has 5 heteroatoms. The smallest absolute Gasteiger partial charge is 0.318 e. The number of aliphatic carboxylic acids is 1. The van der Waals surface area contributed by atoms with Gasteiger partial charge in [-0.25, -0.2) is 0 Å². The van der Waals surface area contributed by atoms with Crippen LogP contribution in [0.15, 0.2) is 0 Å². The van der Waals surface area contributed by atoms with Crippen molar-refractivity contribution in [3.05, 3.63) is 0 Å². The molecule has 0 heterocycles. The molecule has 0 unspecified atom stereocenters. The van der Waals surface area contributed by atoms with Gasteiger partial charge in [-0.15, -0.1) is 0 Å². The predicted octanol–water partition coefficient (Wildman–Crippen LogP) is 1.89. The van der Waals surface area contributed by atoms with Crippen LogP contribution in [0.25, 0.3) is 0 Å². The van der Waals surface area contributed by atoms with Gasteiger partial charge in [-0.05, 0) is 32.9 Å². The molecule has 2 N–H and O–H groups in total. The summed E-state index contributed by atoms with van der Waals surface area (Å²) in [6.07, 6.45) is 6.64. The van der Waals surface area contributed by atoms with Crippen LogP contribution in [0.2, 0.25) is 0 Å². The Kier molecular flexibility index (Phi) is 4.47. The summed E-state index contributed by atoms with van der Waals surface area (Å²) < 4.78 is 0.115. The normalized spacial score (nSPS) is 19.0. The highest BCUT2D eigenvalue weighted by Gasteiger charge is 2.39. The lowest BCUT2D eigenvalue weighted by Gasteiger charge is -2.28. The molecule has 0 atom stereocenters. The molecule has 98 valence electrons. The van der Waals surface area contributed by atoms with Gasteiger partial charge in [0.1, 0.15) is 5.41 Å². The average Bonchev–Trinajstić information content (AvgIpc) is 2.75.